The SMILES string of the molecule is C=CCc1cc(/C=C(/C#N)C(=O)Nc2cccc(Cl)c2Cl)cc(Br)c1OCc1ccccc1. The van der Waals surface area contributed by atoms with E-state index in [4.69, 9.17) is 27.9 Å². The molecule has 3 aromatic rings. The van der Waals surface area contributed by atoms with Crippen LogP contribution in [-0.2, 0) is 17.8 Å². The molecule has 0 saturated carbocycles. The highest BCUT2D eigenvalue weighted by Gasteiger charge is 2.15. The first kappa shape index (κ1) is 24.6. The number of halogens is 3. The van der Waals surface area contributed by atoms with Crippen LogP contribution in [0.15, 0.2) is 83.4 Å². The number of benzene rings is 3. The largest absolute Gasteiger partial charge is 0.487 e. The minimum absolute atomic E-state index is 0.0829. The molecule has 0 saturated heterocycles. The molecule has 3 rings (SSSR count). The van der Waals surface area contributed by atoms with Gasteiger partial charge in [-0.25, -0.2) is 0 Å². The molecule has 0 aliphatic heterocycles. The summed E-state index contributed by atoms with van der Waals surface area (Å²) in [6.45, 7) is 4.22. The third-order valence-corrected chi connectivity index (χ3v) is 6.02. The van der Waals surface area contributed by atoms with Crippen molar-refractivity contribution in [1.82, 2.24) is 0 Å². The van der Waals surface area contributed by atoms with Gasteiger partial charge in [-0.15, -0.1) is 6.58 Å². The van der Waals surface area contributed by atoms with E-state index in [1.165, 1.54) is 6.08 Å². The highest BCUT2D eigenvalue weighted by atomic mass is 79.9. The second-order valence-corrected chi connectivity index (χ2v) is 8.62. The number of allylic oxidation sites excluding steroid dienone is 1. The monoisotopic (exact) mass is 540 g/mol. The molecule has 0 heterocycles. The van der Waals surface area contributed by atoms with Gasteiger partial charge >= 0.3 is 0 Å². The van der Waals surface area contributed by atoms with Crippen molar-refractivity contribution >= 4 is 56.8 Å². The van der Waals surface area contributed by atoms with E-state index in [9.17, 15) is 10.1 Å². The number of nitriles is 1. The Bertz CT molecular complexity index is 1250. The summed E-state index contributed by atoms with van der Waals surface area (Å²) >= 11 is 15.7. The van der Waals surface area contributed by atoms with Gasteiger partial charge in [0.2, 0.25) is 0 Å². The van der Waals surface area contributed by atoms with Crippen molar-refractivity contribution in [2.24, 2.45) is 0 Å². The topological polar surface area (TPSA) is 62.1 Å². The Morgan fingerprint density at radius 3 is 2.61 bits per heavy atom. The lowest BCUT2D eigenvalue weighted by Crippen LogP contribution is -2.13. The van der Waals surface area contributed by atoms with Crippen LogP contribution in [-0.4, -0.2) is 5.91 Å². The van der Waals surface area contributed by atoms with E-state index >= 15 is 0 Å². The van der Waals surface area contributed by atoms with Crippen LogP contribution in [0.3, 0.4) is 0 Å². The van der Waals surface area contributed by atoms with Crippen LogP contribution in [0.25, 0.3) is 6.08 Å². The van der Waals surface area contributed by atoms with Crippen molar-refractivity contribution in [3.8, 4) is 11.8 Å². The van der Waals surface area contributed by atoms with Gasteiger partial charge < -0.3 is 10.1 Å². The lowest BCUT2D eigenvalue weighted by atomic mass is 10.0. The molecule has 3 aromatic carbocycles. The van der Waals surface area contributed by atoms with Crippen molar-refractivity contribution in [2.75, 3.05) is 5.32 Å². The van der Waals surface area contributed by atoms with Crippen molar-refractivity contribution in [3.63, 3.8) is 0 Å². The summed E-state index contributed by atoms with van der Waals surface area (Å²) < 4.78 is 6.76. The van der Waals surface area contributed by atoms with E-state index in [1.807, 2.05) is 42.5 Å². The van der Waals surface area contributed by atoms with Gasteiger partial charge in [-0.2, -0.15) is 5.26 Å². The zero-order chi connectivity index (χ0) is 23.8. The van der Waals surface area contributed by atoms with Gasteiger partial charge in [-0.3, -0.25) is 4.79 Å². The number of hydrogen-bond acceptors (Lipinski definition) is 3. The predicted octanol–water partition coefficient (Wildman–Crippen LogP) is 7.61. The Balaban J connectivity index is 1.87. The number of carbonyl (C=O) groups is 1. The number of carbonyl (C=O) groups excluding carboxylic acids is 1. The molecule has 0 radical (unpaired) electrons. The molecule has 0 aliphatic carbocycles. The molecule has 0 spiro atoms. The maximum Gasteiger partial charge on any atom is 0.266 e. The van der Waals surface area contributed by atoms with Crippen molar-refractivity contribution in [2.45, 2.75) is 13.0 Å². The third-order valence-electron chi connectivity index (χ3n) is 4.61. The number of amides is 1. The van der Waals surface area contributed by atoms with Gasteiger partial charge in [0, 0.05) is 0 Å². The second kappa shape index (κ2) is 11.7. The first-order chi connectivity index (χ1) is 15.9. The van der Waals surface area contributed by atoms with E-state index in [-0.39, 0.29) is 10.6 Å². The number of ether oxygens (including phenoxy) is 1. The molecular formula is C26H19BrCl2N2O2. The average molecular weight is 542 g/mol. The lowest BCUT2D eigenvalue weighted by molar-refractivity contribution is -0.112. The van der Waals surface area contributed by atoms with Crippen LogP contribution in [0, 0.1) is 11.3 Å². The molecule has 4 nitrogen and oxygen atoms in total. The summed E-state index contributed by atoms with van der Waals surface area (Å²) in [5, 5.41) is 12.7. The van der Waals surface area contributed by atoms with Crippen LogP contribution in [0.1, 0.15) is 16.7 Å². The third kappa shape index (κ3) is 6.49. The minimum Gasteiger partial charge on any atom is -0.487 e. The Kier molecular flexibility index (Phi) is 8.73. The van der Waals surface area contributed by atoms with Gasteiger partial charge in [0.25, 0.3) is 5.91 Å². The van der Waals surface area contributed by atoms with E-state index in [2.05, 4.69) is 27.8 Å². The van der Waals surface area contributed by atoms with Crippen LogP contribution in [0.5, 0.6) is 5.75 Å². The summed E-state index contributed by atoms with van der Waals surface area (Å²) in [6, 6.07) is 20.3. The molecule has 0 unspecified atom stereocenters. The molecule has 0 fully saturated rings. The van der Waals surface area contributed by atoms with E-state index in [0.717, 1.165) is 11.1 Å². The first-order valence-corrected chi connectivity index (χ1v) is 11.4. The van der Waals surface area contributed by atoms with Gasteiger partial charge in [-0.05, 0) is 69.4 Å². The number of rotatable bonds is 8. The smallest absolute Gasteiger partial charge is 0.266 e. The molecule has 0 aliphatic rings. The molecular weight excluding hydrogens is 523 g/mol. The molecule has 1 N–H and O–H groups in total. The normalized spacial score (nSPS) is 10.9. The molecule has 166 valence electrons. The zero-order valence-corrected chi connectivity index (χ0v) is 20.5. The number of nitrogens with zero attached hydrogens (tertiary/aromatic N) is 1. The predicted molar refractivity (Wildman–Crippen MR) is 137 cm³/mol. The fraction of sp³-hybridized carbons (Fsp3) is 0.0769. The highest BCUT2D eigenvalue weighted by Crippen LogP contribution is 2.33. The summed E-state index contributed by atoms with van der Waals surface area (Å²) in [6.07, 6.45) is 3.83. The van der Waals surface area contributed by atoms with Gasteiger partial charge in [0.05, 0.1) is 20.2 Å². The van der Waals surface area contributed by atoms with E-state index in [1.54, 1.807) is 30.3 Å². The standard InChI is InChI=1S/C26H19BrCl2N2O2/c1-2-7-19-12-18(14-21(27)25(19)33-16-17-8-4-3-5-9-17)13-20(15-30)26(32)31-23-11-6-10-22(28)24(23)29/h2-6,8-14H,1,7,16H2,(H,31,32)/b20-13-. The number of nitrogens with one attached hydrogen (secondary N) is 1. The van der Waals surface area contributed by atoms with E-state index < -0.39 is 5.91 Å². The fourth-order valence-electron chi connectivity index (χ4n) is 3.06. The first-order valence-electron chi connectivity index (χ1n) is 9.90. The fourth-order valence-corrected chi connectivity index (χ4v) is 4.04. The van der Waals surface area contributed by atoms with E-state index in [0.29, 0.717) is 39.5 Å². The molecule has 0 bridgehead atoms. The average Bonchev–Trinajstić information content (AvgIpc) is 2.80. The van der Waals surface area contributed by atoms with Gasteiger partial charge in [0.15, 0.2) is 0 Å². The highest BCUT2D eigenvalue weighted by molar-refractivity contribution is 9.10. The quantitative estimate of drug-likeness (QED) is 0.181. The van der Waals surface area contributed by atoms with Crippen molar-refractivity contribution < 1.29 is 9.53 Å². The summed E-state index contributed by atoms with van der Waals surface area (Å²) in [5.41, 5.74) is 2.82. The maximum atomic E-state index is 12.7. The second-order valence-electron chi connectivity index (χ2n) is 6.98. The molecule has 0 atom stereocenters. The molecule has 0 aromatic heterocycles. The van der Waals surface area contributed by atoms with Crippen molar-refractivity contribution in [3.05, 3.63) is 110 Å². The van der Waals surface area contributed by atoms with Crippen molar-refractivity contribution in [1.29, 1.82) is 5.26 Å². The number of anilines is 1. The molecule has 1 amide bonds. The van der Waals surface area contributed by atoms with Crippen LogP contribution in [0.4, 0.5) is 5.69 Å². The van der Waals surface area contributed by atoms with Gasteiger partial charge in [0.1, 0.15) is 24.0 Å². The maximum absolute atomic E-state index is 12.7. The zero-order valence-electron chi connectivity index (χ0n) is 17.4. The Morgan fingerprint density at radius 1 is 1.15 bits per heavy atom. The summed E-state index contributed by atoms with van der Waals surface area (Å²) in [5.74, 6) is 0.0945. The summed E-state index contributed by atoms with van der Waals surface area (Å²) in [7, 11) is 0. The Morgan fingerprint density at radius 2 is 1.91 bits per heavy atom. The minimum atomic E-state index is -0.590. The Labute approximate surface area is 211 Å². The Hall–Kier alpha value is -3.04. The number of hydrogen-bond donors (Lipinski definition) is 1. The molecule has 33 heavy (non-hydrogen) atoms. The van der Waals surface area contributed by atoms with Crippen LogP contribution < -0.4 is 10.1 Å². The lowest BCUT2D eigenvalue weighted by Gasteiger charge is -2.14. The van der Waals surface area contributed by atoms with Crippen LogP contribution in [0.2, 0.25) is 10.0 Å². The van der Waals surface area contributed by atoms with Gasteiger partial charge in [-0.1, -0.05) is 65.7 Å². The molecule has 7 heteroatoms. The van der Waals surface area contributed by atoms with Crippen LogP contribution >= 0.6 is 39.1 Å². The summed E-state index contributed by atoms with van der Waals surface area (Å²) in [4.78, 5) is 12.7.